The van der Waals surface area contributed by atoms with Gasteiger partial charge in [-0.15, -0.1) is 0 Å². The van der Waals surface area contributed by atoms with E-state index in [9.17, 15) is 14.0 Å². The smallest absolute Gasteiger partial charge is 0.258 e. The fraction of sp³-hybridized carbons (Fsp3) is 0.276. The molecular formula is C29H30FN3O2. The quantitative estimate of drug-likeness (QED) is 0.341. The molecule has 1 fully saturated rings. The number of amides is 2. The number of nitrogens with one attached hydrogen (secondary N) is 2. The van der Waals surface area contributed by atoms with E-state index in [4.69, 9.17) is 0 Å². The molecule has 4 rings (SSSR count). The van der Waals surface area contributed by atoms with Crippen molar-refractivity contribution in [2.75, 3.05) is 5.32 Å². The lowest BCUT2D eigenvalue weighted by atomic mass is 9.86. The van der Waals surface area contributed by atoms with E-state index < -0.39 is 11.7 Å². The molecule has 0 aromatic heterocycles. The van der Waals surface area contributed by atoms with Gasteiger partial charge in [0, 0.05) is 11.6 Å². The molecule has 2 amide bonds. The predicted molar refractivity (Wildman–Crippen MR) is 137 cm³/mol. The SMILES string of the molecule is C/C(=N\NC(=O)[C@@H]1C[C@H]1c1ccc(C(C)(C)C)cc1)c1cccc(NC(=O)c2ccccc2F)c1. The van der Waals surface area contributed by atoms with Gasteiger partial charge >= 0.3 is 0 Å². The van der Waals surface area contributed by atoms with E-state index in [1.165, 1.54) is 29.3 Å². The monoisotopic (exact) mass is 471 g/mol. The summed E-state index contributed by atoms with van der Waals surface area (Å²) in [6, 6.07) is 21.4. The average Bonchev–Trinajstić information content (AvgIpc) is 3.63. The molecule has 1 aliphatic rings. The van der Waals surface area contributed by atoms with Crippen LogP contribution in [-0.4, -0.2) is 17.5 Å². The lowest BCUT2D eigenvalue weighted by Gasteiger charge is -2.19. The van der Waals surface area contributed by atoms with E-state index in [1.54, 1.807) is 31.2 Å². The Kier molecular flexibility index (Phi) is 6.83. The van der Waals surface area contributed by atoms with Gasteiger partial charge in [-0.1, -0.05) is 69.3 Å². The maximum atomic E-state index is 13.9. The predicted octanol–water partition coefficient (Wildman–Crippen LogP) is 6.02. The normalized spacial score (nSPS) is 17.6. The summed E-state index contributed by atoms with van der Waals surface area (Å²) in [7, 11) is 0. The van der Waals surface area contributed by atoms with Crippen molar-refractivity contribution in [2.24, 2.45) is 11.0 Å². The van der Waals surface area contributed by atoms with Gasteiger partial charge in [-0.05, 0) is 65.6 Å². The Balaban J connectivity index is 1.36. The molecule has 5 nitrogen and oxygen atoms in total. The zero-order chi connectivity index (χ0) is 25.2. The summed E-state index contributed by atoms with van der Waals surface area (Å²) in [6.45, 7) is 8.33. The van der Waals surface area contributed by atoms with Crippen molar-refractivity contribution in [3.63, 3.8) is 0 Å². The minimum absolute atomic E-state index is 0.0254. The van der Waals surface area contributed by atoms with E-state index in [2.05, 4.69) is 60.9 Å². The third kappa shape index (κ3) is 5.83. The van der Waals surface area contributed by atoms with E-state index in [0.717, 1.165) is 12.0 Å². The Hall–Kier alpha value is -3.80. The largest absolute Gasteiger partial charge is 0.322 e. The minimum Gasteiger partial charge on any atom is -0.322 e. The number of anilines is 1. The molecule has 3 aromatic carbocycles. The summed E-state index contributed by atoms with van der Waals surface area (Å²) in [5.74, 6) is -1.07. The first kappa shape index (κ1) is 24.3. The van der Waals surface area contributed by atoms with Gasteiger partial charge in [0.05, 0.1) is 11.3 Å². The lowest BCUT2D eigenvalue weighted by molar-refractivity contribution is -0.122. The van der Waals surface area contributed by atoms with Gasteiger partial charge in [-0.2, -0.15) is 5.10 Å². The highest BCUT2D eigenvalue weighted by Gasteiger charge is 2.44. The van der Waals surface area contributed by atoms with Gasteiger partial charge in [0.25, 0.3) is 5.91 Å². The van der Waals surface area contributed by atoms with Gasteiger partial charge in [-0.25, -0.2) is 9.82 Å². The maximum absolute atomic E-state index is 13.9. The number of hydrazone groups is 1. The van der Waals surface area contributed by atoms with Gasteiger partial charge < -0.3 is 5.32 Å². The van der Waals surface area contributed by atoms with Gasteiger partial charge in [-0.3, -0.25) is 9.59 Å². The molecule has 0 saturated heterocycles. The number of nitrogens with zero attached hydrogens (tertiary/aromatic N) is 1. The summed E-state index contributed by atoms with van der Waals surface area (Å²) in [4.78, 5) is 25.0. The lowest BCUT2D eigenvalue weighted by Crippen LogP contribution is -2.21. The van der Waals surface area contributed by atoms with Crippen LogP contribution in [0.3, 0.4) is 0 Å². The molecule has 0 aliphatic heterocycles. The van der Waals surface area contributed by atoms with E-state index in [1.807, 2.05) is 6.07 Å². The molecule has 0 heterocycles. The molecule has 35 heavy (non-hydrogen) atoms. The van der Waals surface area contributed by atoms with Crippen molar-refractivity contribution in [3.05, 3.63) is 101 Å². The molecule has 1 saturated carbocycles. The number of carbonyl (C=O) groups is 2. The third-order valence-corrected chi connectivity index (χ3v) is 6.32. The summed E-state index contributed by atoms with van der Waals surface area (Å²) in [5.41, 5.74) is 7.06. The fourth-order valence-electron chi connectivity index (χ4n) is 4.04. The van der Waals surface area contributed by atoms with Crippen molar-refractivity contribution < 1.29 is 14.0 Å². The highest BCUT2D eigenvalue weighted by atomic mass is 19.1. The molecule has 3 aromatic rings. The first-order valence-electron chi connectivity index (χ1n) is 11.7. The van der Waals surface area contributed by atoms with Crippen LogP contribution in [0.25, 0.3) is 0 Å². The zero-order valence-electron chi connectivity index (χ0n) is 20.4. The molecule has 2 N–H and O–H groups in total. The Morgan fingerprint density at radius 1 is 0.971 bits per heavy atom. The second kappa shape index (κ2) is 9.82. The van der Waals surface area contributed by atoms with Crippen molar-refractivity contribution in [1.82, 2.24) is 5.43 Å². The molecule has 180 valence electrons. The Labute approximate surface area is 205 Å². The van der Waals surface area contributed by atoms with Crippen LogP contribution in [0, 0.1) is 11.7 Å². The van der Waals surface area contributed by atoms with Crippen LogP contribution in [0.1, 0.15) is 67.1 Å². The zero-order valence-corrected chi connectivity index (χ0v) is 20.4. The van der Waals surface area contributed by atoms with Crippen molar-refractivity contribution in [3.8, 4) is 0 Å². The Morgan fingerprint density at radius 2 is 1.69 bits per heavy atom. The number of hydrogen-bond acceptors (Lipinski definition) is 3. The van der Waals surface area contributed by atoms with Crippen molar-refractivity contribution in [1.29, 1.82) is 0 Å². The van der Waals surface area contributed by atoms with Gasteiger partial charge in [0.1, 0.15) is 5.82 Å². The van der Waals surface area contributed by atoms with Crippen LogP contribution >= 0.6 is 0 Å². The van der Waals surface area contributed by atoms with Gasteiger partial charge in [0.15, 0.2) is 0 Å². The fourth-order valence-corrected chi connectivity index (χ4v) is 4.04. The molecule has 1 aliphatic carbocycles. The molecule has 0 spiro atoms. The second-order valence-electron chi connectivity index (χ2n) is 10.0. The summed E-state index contributed by atoms with van der Waals surface area (Å²) in [6.07, 6.45) is 0.812. The molecule has 0 unspecified atom stereocenters. The molecular weight excluding hydrogens is 441 g/mol. The van der Waals surface area contributed by atoms with Crippen LogP contribution in [-0.2, 0) is 10.2 Å². The molecule has 0 bridgehead atoms. The van der Waals surface area contributed by atoms with Crippen LogP contribution in [0.15, 0.2) is 77.9 Å². The number of hydrogen-bond donors (Lipinski definition) is 2. The van der Waals surface area contributed by atoms with Crippen LogP contribution in [0.4, 0.5) is 10.1 Å². The third-order valence-electron chi connectivity index (χ3n) is 6.32. The molecule has 0 radical (unpaired) electrons. The van der Waals surface area contributed by atoms with Gasteiger partial charge in [0.2, 0.25) is 5.91 Å². The summed E-state index contributed by atoms with van der Waals surface area (Å²) in [5, 5.41) is 6.97. The van der Waals surface area contributed by atoms with Crippen LogP contribution in [0.5, 0.6) is 0 Å². The van der Waals surface area contributed by atoms with E-state index in [0.29, 0.717) is 11.4 Å². The summed E-state index contributed by atoms with van der Waals surface area (Å²) < 4.78 is 13.9. The van der Waals surface area contributed by atoms with Crippen molar-refractivity contribution in [2.45, 2.75) is 45.4 Å². The number of halogens is 1. The maximum Gasteiger partial charge on any atom is 0.258 e. The first-order valence-corrected chi connectivity index (χ1v) is 11.7. The number of rotatable bonds is 6. The minimum atomic E-state index is -0.579. The van der Waals surface area contributed by atoms with Crippen LogP contribution < -0.4 is 10.7 Å². The van der Waals surface area contributed by atoms with E-state index in [-0.39, 0.29) is 28.7 Å². The summed E-state index contributed by atoms with van der Waals surface area (Å²) >= 11 is 0. The molecule has 2 atom stereocenters. The van der Waals surface area contributed by atoms with Crippen LogP contribution in [0.2, 0.25) is 0 Å². The van der Waals surface area contributed by atoms with Crippen molar-refractivity contribution >= 4 is 23.2 Å². The molecule has 6 heteroatoms. The highest BCUT2D eigenvalue weighted by Crippen LogP contribution is 2.47. The van der Waals surface area contributed by atoms with E-state index >= 15 is 0 Å². The Morgan fingerprint density at radius 3 is 2.37 bits per heavy atom. The standard InChI is InChI=1S/C29H30FN3O2/c1-18(20-8-7-9-22(16-20)31-27(34)23-10-5-6-11-26(23)30)32-33-28(35)25-17-24(25)19-12-14-21(15-13-19)29(2,3)4/h5-16,24-25H,17H2,1-4H3,(H,31,34)(H,33,35)/b32-18+/t24-,25+/m0/s1. The number of benzene rings is 3. The highest BCUT2D eigenvalue weighted by molar-refractivity contribution is 6.06. The number of carbonyl (C=O) groups excluding carboxylic acids is 2. The Bertz CT molecular complexity index is 1280. The first-order chi connectivity index (χ1) is 16.6. The average molecular weight is 472 g/mol. The topological polar surface area (TPSA) is 70.6 Å². The second-order valence-corrected chi connectivity index (χ2v) is 10.0.